The number of carbonyl (C=O) groups is 2. The van der Waals surface area contributed by atoms with Crippen molar-refractivity contribution in [1.82, 2.24) is 4.98 Å². The predicted molar refractivity (Wildman–Crippen MR) is 89.4 cm³/mol. The van der Waals surface area contributed by atoms with Gasteiger partial charge in [0.25, 0.3) is 11.5 Å². The van der Waals surface area contributed by atoms with Gasteiger partial charge in [-0.2, -0.15) is 0 Å². The van der Waals surface area contributed by atoms with E-state index in [1.807, 2.05) is 0 Å². The molecule has 2 aromatic rings. The molecule has 0 atom stereocenters. The third kappa shape index (κ3) is 3.76. The monoisotopic (exact) mass is 344 g/mol. The van der Waals surface area contributed by atoms with Gasteiger partial charge in [-0.1, -0.05) is 6.07 Å². The summed E-state index contributed by atoms with van der Waals surface area (Å²) in [5.41, 5.74) is 1.53. The number of benzene rings is 1. The molecule has 25 heavy (non-hydrogen) atoms. The highest BCUT2D eigenvalue weighted by Crippen LogP contribution is 2.20. The Morgan fingerprint density at radius 1 is 1.20 bits per heavy atom. The van der Waals surface area contributed by atoms with Crippen LogP contribution in [0.25, 0.3) is 0 Å². The highest BCUT2D eigenvalue weighted by Gasteiger charge is 2.17. The SMILES string of the molecule is O=C(O)Cc1ccc(NC(=O)c2cc3c([nH]c2=O)CCCC3)cc1F. The molecule has 1 heterocycles. The maximum absolute atomic E-state index is 13.9. The van der Waals surface area contributed by atoms with E-state index in [0.29, 0.717) is 0 Å². The molecule has 0 saturated carbocycles. The van der Waals surface area contributed by atoms with E-state index in [-0.39, 0.29) is 16.8 Å². The minimum atomic E-state index is -1.14. The van der Waals surface area contributed by atoms with Crippen LogP contribution in [0.15, 0.2) is 29.1 Å². The third-order valence-corrected chi connectivity index (χ3v) is 4.24. The molecule has 0 spiro atoms. The Hall–Kier alpha value is -2.96. The lowest BCUT2D eigenvalue weighted by Gasteiger charge is -2.16. The molecule has 1 aliphatic rings. The number of carbonyl (C=O) groups excluding carboxylic acids is 1. The van der Waals surface area contributed by atoms with E-state index >= 15 is 0 Å². The van der Waals surface area contributed by atoms with Crippen molar-refractivity contribution in [2.45, 2.75) is 32.1 Å². The quantitative estimate of drug-likeness (QED) is 0.792. The van der Waals surface area contributed by atoms with Crippen molar-refractivity contribution < 1.29 is 19.1 Å². The van der Waals surface area contributed by atoms with Crippen LogP contribution in [0.1, 0.15) is 40.0 Å². The summed E-state index contributed by atoms with van der Waals surface area (Å²) in [6.07, 6.45) is 3.19. The smallest absolute Gasteiger partial charge is 0.307 e. The first-order chi connectivity index (χ1) is 11.9. The number of H-pyrrole nitrogens is 1. The van der Waals surface area contributed by atoms with Gasteiger partial charge >= 0.3 is 5.97 Å². The Balaban J connectivity index is 1.82. The summed E-state index contributed by atoms with van der Waals surface area (Å²) in [5.74, 6) is -2.49. The number of pyridine rings is 1. The molecule has 0 bridgehead atoms. The van der Waals surface area contributed by atoms with Crippen molar-refractivity contribution in [2.24, 2.45) is 0 Å². The molecule has 1 aromatic carbocycles. The van der Waals surface area contributed by atoms with Crippen LogP contribution in [0.3, 0.4) is 0 Å². The number of carboxylic acid groups (broad SMARTS) is 1. The van der Waals surface area contributed by atoms with E-state index in [0.717, 1.165) is 43.0 Å². The van der Waals surface area contributed by atoms with Crippen molar-refractivity contribution >= 4 is 17.6 Å². The van der Waals surface area contributed by atoms with E-state index < -0.39 is 29.7 Å². The zero-order valence-corrected chi connectivity index (χ0v) is 13.4. The van der Waals surface area contributed by atoms with Crippen LogP contribution in [-0.4, -0.2) is 22.0 Å². The number of nitrogens with one attached hydrogen (secondary N) is 2. The van der Waals surface area contributed by atoms with Gasteiger partial charge in [-0.3, -0.25) is 14.4 Å². The minimum absolute atomic E-state index is 0.0179. The lowest BCUT2D eigenvalue weighted by Crippen LogP contribution is -2.26. The summed E-state index contributed by atoms with van der Waals surface area (Å²) < 4.78 is 13.9. The molecule has 1 aliphatic carbocycles. The molecule has 0 radical (unpaired) electrons. The topological polar surface area (TPSA) is 99.3 Å². The van der Waals surface area contributed by atoms with Crippen LogP contribution >= 0.6 is 0 Å². The van der Waals surface area contributed by atoms with Gasteiger partial charge in [-0.25, -0.2) is 4.39 Å². The average Bonchev–Trinajstić information content (AvgIpc) is 2.56. The molecule has 1 amide bonds. The van der Waals surface area contributed by atoms with Crippen LogP contribution in [0.5, 0.6) is 0 Å². The molecule has 0 fully saturated rings. The fraction of sp³-hybridized carbons (Fsp3) is 0.278. The van der Waals surface area contributed by atoms with Crippen molar-refractivity contribution in [1.29, 1.82) is 0 Å². The van der Waals surface area contributed by atoms with Crippen molar-refractivity contribution in [2.75, 3.05) is 5.32 Å². The highest BCUT2D eigenvalue weighted by atomic mass is 19.1. The first kappa shape index (κ1) is 16.9. The van der Waals surface area contributed by atoms with Gasteiger partial charge in [-0.05, 0) is 55.0 Å². The third-order valence-electron chi connectivity index (χ3n) is 4.24. The lowest BCUT2D eigenvalue weighted by molar-refractivity contribution is -0.136. The summed E-state index contributed by atoms with van der Waals surface area (Å²) in [7, 11) is 0. The van der Waals surface area contributed by atoms with Crippen molar-refractivity contribution in [3.05, 3.63) is 62.8 Å². The number of aliphatic carboxylic acids is 1. The number of fused-ring (bicyclic) bond motifs is 1. The number of anilines is 1. The number of aromatic amines is 1. The molecule has 1 aromatic heterocycles. The van der Waals surface area contributed by atoms with Crippen LogP contribution in [0, 0.1) is 5.82 Å². The Labute approximate surface area is 142 Å². The Morgan fingerprint density at radius 3 is 2.68 bits per heavy atom. The highest BCUT2D eigenvalue weighted by molar-refractivity contribution is 6.04. The second-order valence-electron chi connectivity index (χ2n) is 6.05. The minimum Gasteiger partial charge on any atom is -0.481 e. The lowest BCUT2D eigenvalue weighted by atomic mass is 9.95. The summed E-state index contributed by atoms with van der Waals surface area (Å²) in [6.45, 7) is 0. The van der Waals surface area contributed by atoms with E-state index in [4.69, 9.17) is 5.11 Å². The van der Waals surface area contributed by atoms with Gasteiger partial charge in [0.2, 0.25) is 0 Å². The molecule has 6 nitrogen and oxygen atoms in total. The van der Waals surface area contributed by atoms with Gasteiger partial charge in [0.15, 0.2) is 0 Å². The van der Waals surface area contributed by atoms with Crippen molar-refractivity contribution in [3.63, 3.8) is 0 Å². The molecule has 7 heteroatoms. The number of carboxylic acids is 1. The predicted octanol–water partition coefficient (Wildman–Crippen LogP) is 2.27. The van der Waals surface area contributed by atoms with Crippen molar-refractivity contribution in [3.8, 4) is 0 Å². The van der Waals surface area contributed by atoms with Gasteiger partial charge in [0.1, 0.15) is 11.4 Å². The molecule has 130 valence electrons. The van der Waals surface area contributed by atoms with Gasteiger partial charge < -0.3 is 15.4 Å². The number of hydrogen-bond donors (Lipinski definition) is 3. The first-order valence-corrected chi connectivity index (χ1v) is 8.00. The summed E-state index contributed by atoms with van der Waals surface area (Å²) >= 11 is 0. The fourth-order valence-electron chi connectivity index (χ4n) is 2.97. The molecular formula is C18H17FN2O4. The van der Waals surface area contributed by atoms with Crippen LogP contribution in [0.2, 0.25) is 0 Å². The average molecular weight is 344 g/mol. The summed E-state index contributed by atoms with van der Waals surface area (Å²) in [5, 5.41) is 11.2. The molecule has 3 N–H and O–H groups in total. The molecule has 0 unspecified atom stereocenters. The summed E-state index contributed by atoms with van der Waals surface area (Å²) in [4.78, 5) is 37.9. The fourth-order valence-corrected chi connectivity index (χ4v) is 2.97. The number of aromatic nitrogens is 1. The number of aryl methyl sites for hydroxylation is 2. The molecule has 3 rings (SSSR count). The van der Waals surface area contributed by atoms with E-state index in [9.17, 15) is 18.8 Å². The van der Waals surface area contributed by atoms with Crippen LogP contribution < -0.4 is 10.9 Å². The number of hydrogen-bond acceptors (Lipinski definition) is 3. The number of rotatable bonds is 4. The zero-order chi connectivity index (χ0) is 18.0. The van der Waals surface area contributed by atoms with Crippen LogP contribution in [-0.2, 0) is 24.1 Å². The number of halogens is 1. The van der Waals surface area contributed by atoms with Gasteiger partial charge in [-0.15, -0.1) is 0 Å². The summed E-state index contributed by atoms with van der Waals surface area (Å²) in [6, 6.07) is 5.35. The Kier molecular flexibility index (Phi) is 4.65. The molecule has 0 aliphatic heterocycles. The van der Waals surface area contributed by atoms with E-state index in [2.05, 4.69) is 10.3 Å². The van der Waals surface area contributed by atoms with Crippen LogP contribution in [0.4, 0.5) is 10.1 Å². The zero-order valence-electron chi connectivity index (χ0n) is 13.4. The largest absolute Gasteiger partial charge is 0.481 e. The second kappa shape index (κ2) is 6.88. The second-order valence-corrected chi connectivity index (χ2v) is 6.05. The standard InChI is InChI=1S/C18H17FN2O4/c19-14-9-12(6-5-10(14)8-16(22)23)20-17(24)13-7-11-3-1-2-4-15(11)21-18(13)25/h5-7,9H,1-4,8H2,(H,20,24)(H,21,25)(H,22,23). The van der Waals surface area contributed by atoms with E-state index in [1.165, 1.54) is 12.1 Å². The normalized spacial score (nSPS) is 13.2. The number of amides is 1. The molecular weight excluding hydrogens is 327 g/mol. The first-order valence-electron chi connectivity index (χ1n) is 8.00. The van der Waals surface area contributed by atoms with Gasteiger partial charge in [0, 0.05) is 11.4 Å². The maximum atomic E-state index is 13.9. The Bertz CT molecular complexity index is 904. The molecule has 0 saturated heterocycles. The maximum Gasteiger partial charge on any atom is 0.307 e. The van der Waals surface area contributed by atoms with Gasteiger partial charge in [0.05, 0.1) is 6.42 Å². The Morgan fingerprint density at radius 2 is 1.96 bits per heavy atom. The van der Waals surface area contributed by atoms with E-state index in [1.54, 1.807) is 6.07 Å².